The summed E-state index contributed by atoms with van der Waals surface area (Å²) in [6.07, 6.45) is 0.170. The van der Waals surface area contributed by atoms with Crippen molar-refractivity contribution in [3.8, 4) is 0 Å². The fourth-order valence-corrected chi connectivity index (χ4v) is 1.96. The van der Waals surface area contributed by atoms with Crippen molar-refractivity contribution < 1.29 is 14.1 Å². The van der Waals surface area contributed by atoms with Crippen LogP contribution in [0.4, 0.5) is 15.8 Å². The summed E-state index contributed by atoms with van der Waals surface area (Å²) in [5.41, 5.74) is 0.815. The molecule has 6 nitrogen and oxygen atoms in total. The van der Waals surface area contributed by atoms with Gasteiger partial charge in [-0.05, 0) is 11.6 Å². The largest absolute Gasteiger partial charge is 0.382 e. The van der Waals surface area contributed by atoms with Crippen LogP contribution in [0, 0.1) is 15.9 Å². The number of nitrogens with zero attached hydrogens (tertiary/aromatic N) is 1. The number of halogens is 1. The van der Waals surface area contributed by atoms with Gasteiger partial charge in [0.05, 0.1) is 16.7 Å². The van der Waals surface area contributed by atoms with Gasteiger partial charge in [0.25, 0.3) is 5.69 Å². The van der Waals surface area contributed by atoms with Crippen molar-refractivity contribution in [2.24, 2.45) is 0 Å². The molecule has 0 radical (unpaired) electrons. The standard InChI is InChI=1S/C16H16FN3O3/c17-14-10-13(20(22)23)6-7-15(14)18-9-8-16(21)19-11-12-4-2-1-3-5-12/h1-7,10,18H,8-9,11H2,(H,19,21). The van der Waals surface area contributed by atoms with Crippen LogP contribution in [0.3, 0.4) is 0 Å². The molecule has 0 unspecified atom stereocenters. The van der Waals surface area contributed by atoms with Gasteiger partial charge in [-0.3, -0.25) is 14.9 Å². The fraction of sp³-hybridized carbons (Fsp3) is 0.188. The zero-order valence-corrected chi connectivity index (χ0v) is 12.3. The molecule has 2 N–H and O–H groups in total. The number of rotatable bonds is 7. The highest BCUT2D eigenvalue weighted by molar-refractivity contribution is 5.76. The van der Waals surface area contributed by atoms with E-state index in [-0.39, 0.29) is 30.2 Å². The Bertz CT molecular complexity index is 692. The highest BCUT2D eigenvalue weighted by atomic mass is 19.1. The van der Waals surface area contributed by atoms with E-state index >= 15 is 0 Å². The van der Waals surface area contributed by atoms with Gasteiger partial charge in [-0.25, -0.2) is 4.39 Å². The van der Waals surface area contributed by atoms with Gasteiger partial charge in [0.2, 0.25) is 5.91 Å². The number of carbonyl (C=O) groups excluding carboxylic acids is 1. The molecule has 1 amide bonds. The number of hydrogen-bond acceptors (Lipinski definition) is 4. The van der Waals surface area contributed by atoms with Crippen molar-refractivity contribution in [2.45, 2.75) is 13.0 Å². The first-order valence-corrected chi connectivity index (χ1v) is 7.04. The molecule has 7 heteroatoms. The minimum Gasteiger partial charge on any atom is -0.382 e. The van der Waals surface area contributed by atoms with E-state index in [1.54, 1.807) is 0 Å². The summed E-state index contributed by atoms with van der Waals surface area (Å²) in [4.78, 5) is 21.6. The summed E-state index contributed by atoms with van der Waals surface area (Å²) >= 11 is 0. The van der Waals surface area contributed by atoms with Crippen LogP contribution in [0.1, 0.15) is 12.0 Å². The van der Waals surface area contributed by atoms with Gasteiger partial charge < -0.3 is 10.6 Å². The van der Waals surface area contributed by atoms with Crippen molar-refractivity contribution in [3.63, 3.8) is 0 Å². The van der Waals surface area contributed by atoms with Crippen LogP contribution < -0.4 is 10.6 Å². The average Bonchev–Trinajstić information content (AvgIpc) is 2.55. The van der Waals surface area contributed by atoms with E-state index in [1.807, 2.05) is 30.3 Å². The van der Waals surface area contributed by atoms with E-state index in [4.69, 9.17) is 0 Å². The molecule has 0 aromatic heterocycles. The Morgan fingerprint density at radius 3 is 2.57 bits per heavy atom. The lowest BCUT2D eigenvalue weighted by atomic mass is 10.2. The molecule has 23 heavy (non-hydrogen) atoms. The van der Waals surface area contributed by atoms with Crippen LogP contribution in [-0.4, -0.2) is 17.4 Å². The number of carbonyl (C=O) groups is 1. The maximum atomic E-state index is 13.6. The van der Waals surface area contributed by atoms with Crippen molar-refractivity contribution in [2.75, 3.05) is 11.9 Å². The second-order valence-corrected chi connectivity index (χ2v) is 4.86. The molecule has 0 saturated carbocycles. The Balaban J connectivity index is 1.76. The first-order valence-electron chi connectivity index (χ1n) is 7.04. The van der Waals surface area contributed by atoms with Crippen LogP contribution in [0.15, 0.2) is 48.5 Å². The molecule has 0 atom stereocenters. The minimum atomic E-state index is -0.719. The molecule has 0 bridgehead atoms. The summed E-state index contributed by atoms with van der Waals surface area (Å²) in [7, 11) is 0. The van der Waals surface area contributed by atoms with Crippen LogP contribution in [0.5, 0.6) is 0 Å². The lowest BCUT2D eigenvalue weighted by Gasteiger charge is -2.08. The highest BCUT2D eigenvalue weighted by Crippen LogP contribution is 2.20. The molecule has 0 aliphatic carbocycles. The maximum absolute atomic E-state index is 13.6. The predicted molar refractivity (Wildman–Crippen MR) is 84.4 cm³/mol. The molecule has 0 aliphatic rings. The zero-order valence-electron chi connectivity index (χ0n) is 12.3. The second kappa shape index (κ2) is 7.88. The summed E-state index contributed by atoms with van der Waals surface area (Å²) < 4.78 is 13.6. The summed E-state index contributed by atoms with van der Waals surface area (Å²) in [5.74, 6) is -0.882. The lowest BCUT2D eigenvalue weighted by Crippen LogP contribution is -2.24. The van der Waals surface area contributed by atoms with E-state index in [2.05, 4.69) is 10.6 Å². The normalized spacial score (nSPS) is 10.1. The van der Waals surface area contributed by atoms with Crippen LogP contribution in [0.2, 0.25) is 0 Å². The Morgan fingerprint density at radius 2 is 1.91 bits per heavy atom. The summed E-state index contributed by atoms with van der Waals surface area (Å²) in [6.45, 7) is 0.668. The molecular formula is C16H16FN3O3. The number of benzene rings is 2. The number of hydrogen-bond donors (Lipinski definition) is 2. The quantitative estimate of drug-likeness (QED) is 0.607. The molecular weight excluding hydrogens is 301 g/mol. The molecule has 2 aromatic rings. The Morgan fingerprint density at radius 1 is 1.17 bits per heavy atom. The van der Waals surface area contributed by atoms with Gasteiger partial charge in [0.15, 0.2) is 5.82 Å². The topological polar surface area (TPSA) is 84.3 Å². The van der Waals surface area contributed by atoms with Crippen molar-refractivity contribution in [3.05, 3.63) is 70.0 Å². The van der Waals surface area contributed by atoms with Crippen molar-refractivity contribution >= 4 is 17.3 Å². The fourth-order valence-electron chi connectivity index (χ4n) is 1.96. The number of amides is 1. The molecule has 0 spiro atoms. The predicted octanol–water partition coefficient (Wildman–Crippen LogP) is 2.85. The molecule has 0 saturated heterocycles. The molecule has 0 fully saturated rings. The first-order chi connectivity index (χ1) is 11.1. The van der Waals surface area contributed by atoms with Crippen LogP contribution in [0.25, 0.3) is 0 Å². The van der Waals surface area contributed by atoms with Crippen LogP contribution >= 0.6 is 0 Å². The number of non-ortho nitro benzene ring substituents is 1. The van der Waals surface area contributed by atoms with Gasteiger partial charge in [-0.1, -0.05) is 30.3 Å². The minimum absolute atomic E-state index is 0.131. The third-order valence-electron chi connectivity index (χ3n) is 3.16. The van der Waals surface area contributed by atoms with Crippen molar-refractivity contribution in [1.29, 1.82) is 0 Å². The van der Waals surface area contributed by atoms with Gasteiger partial charge in [0, 0.05) is 25.6 Å². The molecule has 2 aromatic carbocycles. The van der Waals surface area contributed by atoms with Gasteiger partial charge in [0.1, 0.15) is 0 Å². The smallest absolute Gasteiger partial charge is 0.272 e. The number of nitro benzene ring substituents is 1. The zero-order chi connectivity index (χ0) is 16.7. The van der Waals surface area contributed by atoms with E-state index in [1.165, 1.54) is 12.1 Å². The summed E-state index contributed by atoms with van der Waals surface area (Å²) in [5, 5.41) is 16.0. The molecule has 0 heterocycles. The number of anilines is 1. The average molecular weight is 317 g/mol. The molecule has 0 aliphatic heterocycles. The number of nitrogens with one attached hydrogen (secondary N) is 2. The van der Waals surface area contributed by atoms with Gasteiger partial charge >= 0.3 is 0 Å². The molecule has 120 valence electrons. The Hall–Kier alpha value is -2.96. The third-order valence-corrected chi connectivity index (χ3v) is 3.16. The van der Waals surface area contributed by atoms with Gasteiger partial charge in [-0.2, -0.15) is 0 Å². The third kappa shape index (κ3) is 5.06. The maximum Gasteiger partial charge on any atom is 0.272 e. The Labute approximate surface area is 132 Å². The first kappa shape index (κ1) is 16.4. The van der Waals surface area contributed by atoms with E-state index in [0.29, 0.717) is 6.54 Å². The van der Waals surface area contributed by atoms with E-state index < -0.39 is 10.7 Å². The molecule has 2 rings (SSSR count). The van der Waals surface area contributed by atoms with E-state index in [9.17, 15) is 19.3 Å². The second-order valence-electron chi connectivity index (χ2n) is 4.86. The highest BCUT2D eigenvalue weighted by Gasteiger charge is 2.10. The van der Waals surface area contributed by atoms with Gasteiger partial charge in [-0.15, -0.1) is 0 Å². The van der Waals surface area contributed by atoms with E-state index in [0.717, 1.165) is 11.6 Å². The Kier molecular flexibility index (Phi) is 5.62. The SMILES string of the molecule is O=C(CCNc1ccc([N+](=O)[O-])cc1F)NCc1ccccc1. The number of nitro groups is 1. The van der Waals surface area contributed by atoms with Crippen molar-refractivity contribution in [1.82, 2.24) is 5.32 Å². The summed E-state index contributed by atoms with van der Waals surface area (Å²) in [6, 6.07) is 12.8. The lowest BCUT2D eigenvalue weighted by molar-refractivity contribution is -0.385. The van der Waals surface area contributed by atoms with Crippen LogP contribution in [-0.2, 0) is 11.3 Å². The monoisotopic (exact) mass is 317 g/mol.